The summed E-state index contributed by atoms with van der Waals surface area (Å²) in [4.78, 5) is 26.0. The third-order valence-electron chi connectivity index (χ3n) is 4.82. The van der Waals surface area contributed by atoms with Crippen molar-refractivity contribution in [3.05, 3.63) is 60.2 Å². The maximum Gasteiger partial charge on any atom is 0.323 e. The molecule has 30 heavy (non-hydrogen) atoms. The van der Waals surface area contributed by atoms with Crippen LogP contribution in [-0.4, -0.2) is 61.0 Å². The number of para-hydroxylation sites is 1. The van der Waals surface area contributed by atoms with Crippen LogP contribution in [0.1, 0.15) is 18.6 Å². The van der Waals surface area contributed by atoms with E-state index in [4.69, 9.17) is 9.47 Å². The van der Waals surface area contributed by atoms with E-state index in [1.54, 1.807) is 41.3 Å². The van der Waals surface area contributed by atoms with Gasteiger partial charge in [0, 0.05) is 24.5 Å². The van der Waals surface area contributed by atoms with Crippen LogP contribution in [0, 0.1) is 0 Å². The van der Waals surface area contributed by atoms with Crippen molar-refractivity contribution in [3.63, 3.8) is 0 Å². The van der Waals surface area contributed by atoms with Gasteiger partial charge in [0.2, 0.25) is 5.91 Å². The number of aliphatic hydroxyl groups excluding tert-OH is 1. The molecule has 160 valence electrons. The molecule has 0 radical (unpaired) electrons. The Morgan fingerprint density at radius 3 is 2.50 bits per heavy atom. The number of benzene rings is 2. The lowest BCUT2D eigenvalue weighted by Gasteiger charge is -2.38. The molecule has 2 aromatic rings. The van der Waals surface area contributed by atoms with Crippen molar-refractivity contribution < 1.29 is 24.2 Å². The molecule has 0 saturated carbocycles. The van der Waals surface area contributed by atoms with Gasteiger partial charge in [0.15, 0.2) is 0 Å². The van der Waals surface area contributed by atoms with E-state index in [1.165, 1.54) is 0 Å². The molecule has 3 N–H and O–H groups in total. The van der Waals surface area contributed by atoms with Crippen LogP contribution in [0.4, 0.5) is 16.2 Å². The third kappa shape index (κ3) is 5.79. The van der Waals surface area contributed by atoms with Gasteiger partial charge in [-0.3, -0.25) is 4.79 Å². The Balaban J connectivity index is 1.61. The average molecular weight is 413 g/mol. The monoisotopic (exact) mass is 413 g/mol. The molecule has 1 heterocycles. The molecule has 2 unspecified atom stereocenters. The molecule has 2 aromatic carbocycles. The number of nitrogens with one attached hydrogen (secondary N) is 2. The Morgan fingerprint density at radius 1 is 1.17 bits per heavy atom. The summed E-state index contributed by atoms with van der Waals surface area (Å²) < 4.78 is 10.7. The molecule has 0 aromatic heterocycles. The van der Waals surface area contributed by atoms with Crippen molar-refractivity contribution in [3.8, 4) is 0 Å². The van der Waals surface area contributed by atoms with Crippen molar-refractivity contribution >= 4 is 23.3 Å². The number of aliphatic hydroxyl groups is 1. The quantitative estimate of drug-likeness (QED) is 0.578. The summed E-state index contributed by atoms with van der Waals surface area (Å²) in [5.74, 6) is -0.166. The lowest BCUT2D eigenvalue weighted by molar-refractivity contribution is -0.155. The number of carbonyl (C=O) groups excluding carboxylic acids is 2. The summed E-state index contributed by atoms with van der Waals surface area (Å²) in [5, 5.41) is 16.3. The van der Waals surface area contributed by atoms with Gasteiger partial charge in [0.25, 0.3) is 0 Å². The molecule has 0 bridgehead atoms. The number of amides is 3. The summed E-state index contributed by atoms with van der Waals surface area (Å²) in [7, 11) is 0. The highest BCUT2D eigenvalue weighted by Gasteiger charge is 2.34. The second kappa shape index (κ2) is 10.7. The summed E-state index contributed by atoms with van der Waals surface area (Å²) >= 11 is 0. The molecule has 0 aliphatic carbocycles. The maximum atomic E-state index is 12.2. The van der Waals surface area contributed by atoms with Crippen LogP contribution in [-0.2, 0) is 14.3 Å². The standard InChI is InChI=1S/C22H27N3O5/c1-2-29-13-12-25-19(14-30-15-20(25)26)21(27)16-8-10-18(11-9-16)24-22(28)23-17-6-4-3-5-7-17/h3-11,19,21,27H,2,12-15H2,1H3,(H2,23,24,28). The average Bonchev–Trinajstić information content (AvgIpc) is 2.75. The predicted octanol–water partition coefficient (Wildman–Crippen LogP) is 2.63. The van der Waals surface area contributed by atoms with Crippen LogP contribution >= 0.6 is 0 Å². The molecule has 3 rings (SSSR count). The number of morpholine rings is 1. The van der Waals surface area contributed by atoms with E-state index >= 15 is 0 Å². The minimum absolute atomic E-state index is 0.00866. The highest BCUT2D eigenvalue weighted by molar-refractivity contribution is 5.99. The zero-order valence-electron chi connectivity index (χ0n) is 16.9. The van der Waals surface area contributed by atoms with Crippen LogP contribution in [0.3, 0.4) is 0 Å². The number of carbonyl (C=O) groups is 2. The molecule has 1 aliphatic rings. The molecule has 8 nitrogen and oxygen atoms in total. The molecule has 3 amide bonds. The van der Waals surface area contributed by atoms with E-state index in [-0.39, 0.29) is 25.2 Å². The number of hydrogen-bond acceptors (Lipinski definition) is 5. The first kappa shape index (κ1) is 21.8. The number of anilines is 2. The van der Waals surface area contributed by atoms with E-state index in [1.807, 2.05) is 25.1 Å². The van der Waals surface area contributed by atoms with E-state index in [9.17, 15) is 14.7 Å². The van der Waals surface area contributed by atoms with E-state index < -0.39 is 12.1 Å². The van der Waals surface area contributed by atoms with Gasteiger partial charge in [-0.05, 0) is 36.8 Å². The zero-order chi connectivity index (χ0) is 21.3. The Morgan fingerprint density at radius 2 is 1.83 bits per heavy atom. The van der Waals surface area contributed by atoms with Crippen molar-refractivity contribution in [2.45, 2.75) is 19.1 Å². The highest BCUT2D eigenvalue weighted by Crippen LogP contribution is 2.25. The van der Waals surface area contributed by atoms with Gasteiger partial charge in [0.05, 0.1) is 19.3 Å². The normalized spacial score (nSPS) is 17.5. The van der Waals surface area contributed by atoms with Gasteiger partial charge in [-0.2, -0.15) is 0 Å². The van der Waals surface area contributed by atoms with Gasteiger partial charge in [-0.25, -0.2) is 4.79 Å². The van der Waals surface area contributed by atoms with E-state index in [0.29, 0.717) is 36.7 Å². The number of ether oxygens (including phenoxy) is 2. The lowest BCUT2D eigenvalue weighted by atomic mass is 10.00. The summed E-state index contributed by atoms with van der Waals surface area (Å²) in [5.41, 5.74) is 1.91. The zero-order valence-corrected chi connectivity index (χ0v) is 16.9. The minimum atomic E-state index is -0.914. The molecular weight excluding hydrogens is 386 g/mol. The predicted molar refractivity (Wildman–Crippen MR) is 113 cm³/mol. The van der Waals surface area contributed by atoms with Crippen molar-refractivity contribution in [2.75, 3.05) is 43.6 Å². The number of urea groups is 1. The van der Waals surface area contributed by atoms with Crippen LogP contribution in [0.15, 0.2) is 54.6 Å². The fourth-order valence-corrected chi connectivity index (χ4v) is 3.28. The summed E-state index contributed by atoms with van der Waals surface area (Å²) in [6.07, 6.45) is -0.914. The van der Waals surface area contributed by atoms with Gasteiger partial charge in [-0.1, -0.05) is 30.3 Å². The smallest absolute Gasteiger partial charge is 0.323 e. The molecule has 1 saturated heterocycles. The Bertz CT molecular complexity index is 828. The second-order valence-corrected chi connectivity index (χ2v) is 6.88. The van der Waals surface area contributed by atoms with Crippen LogP contribution in [0.25, 0.3) is 0 Å². The Kier molecular flexibility index (Phi) is 7.78. The molecule has 0 spiro atoms. The van der Waals surface area contributed by atoms with Crippen LogP contribution in [0.2, 0.25) is 0 Å². The lowest BCUT2D eigenvalue weighted by Crippen LogP contribution is -2.53. The van der Waals surface area contributed by atoms with Crippen LogP contribution in [0.5, 0.6) is 0 Å². The maximum absolute atomic E-state index is 12.2. The molecule has 8 heteroatoms. The first-order chi connectivity index (χ1) is 14.6. The number of rotatable bonds is 8. The first-order valence-electron chi connectivity index (χ1n) is 9.94. The Hall–Kier alpha value is -2.94. The summed E-state index contributed by atoms with van der Waals surface area (Å²) in [6, 6.07) is 15.1. The topological polar surface area (TPSA) is 100 Å². The van der Waals surface area contributed by atoms with Crippen molar-refractivity contribution in [1.82, 2.24) is 4.90 Å². The van der Waals surface area contributed by atoms with E-state index in [2.05, 4.69) is 10.6 Å². The number of hydrogen-bond donors (Lipinski definition) is 3. The third-order valence-corrected chi connectivity index (χ3v) is 4.82. The highest BCUT2D eigenvalue weighted by atomic mass is 16.5. The Labute approximate surface area is 175 Å². The van der Waals surface area contributed by atoms with Crippen LogP contribution < -0.4 is 10.6 Å². The minimum Gasteiger partial charge on any atom is -0.386 e. The fourth-order valence-electron chi connectivity index (χ4n) is 3.28. The summed E-state index contributed by atoms with van der Waals surface area (Å²) in [6.45, 7) is 3.52. The fraction of sp³-hybridized carbons (Fsp3) is 0.364. The SMILES string of the molecule is CCOCCN1C(=O)COCC1C(O)c1ccc(NC(=O)Nc2ccccc2)cc1. The molecule has 2 atom stereocenters. The van der Waals surface area contributed by atoms with E-state index in [0.717, 1.165) is 0 Å². The van der Waals surface area contributed by atoms with Crippen molar-refractivity contribution in [2.24, 2.45) is 0 Å². The molecule has 1 fully saturated rings. The van der Waals surface area contributed by atoms with Gasteiger partial charge < -0.3 is 30.1 Å². The van der Waals surface area contributed by atoms with Gasteiger partial charge >= 0.3 is 6.03 Å². The number of nitrogens with zero attached hydrogens (tertiary/aromatic N) is 1. The molecule has 1 aliphatic heterocycles. The first-order valence-corrected chi connectivity index (χ1v) is 9.94. The second-order valence-electron chi connectivity index (χ2n) is 6.88. The van der Waals surface area contributed by atoms with Gasteiger partial charge in [0.1, 0.15) is 12.7 Å². The van der Waals surface area contributed by atoms with Gasteiger partial charge in [-0.15, -0.1) is 0 Å². The largest absolute Gasteiger partial charge is 0.386 e. The molecular formula is C22H27N3O5. The van der Waals surface area contributed by atoms with Crippen molar-refractivity contribution in [1.29, 1.82) is 0 Å².